The largest absolute Gasteiger partial charge is 0.497 e. The zero-order valence-corrected chi connectivity index (χ0v) is 15.3. The Morgan fingerprint density at radius 1 is 1.29 bits per heavy atom. The van der Waals surface area contributed by atoms with Gasteiger partial charge in [-0.25, -0.2) is 0 Å². The Kier molecular flexibility index (Phi) is 6.08. The lowest BCUT2D eigenvalue weighted by Gasteiger charge is -2.20. The molecule has 0 fully saturated rings. The van der Waals surface area contributed by atoms with Crippen LogP contribution in [0.4, 0.5) is 0 Å². The average molecular weight is 350 g/mol. The molecule has 1 amide bonds. The summed E-state index contributed by atoms with van der Waals surface area (Å²) in [6.45, 7) is 3.75. The van der Waals surface area contributed by atoms with E-state index in [1.807, 2.05) is 39.1 Å². The van der Waals surface area contributed by atoms with Gasteiger partial charge in [0.1, 0.15) is 17.8 Å². The Morgan fingerprint density at radius 3 is 2.62 bits per heavy atom. The number of nitrogens with zero attached hydrogens (tertiary/aromatic N) is 3. The molecule has 0 bridgehead atoms. The molecule has 130 valence electrons. The van der Waals surface area contributed by atoms with Gasteiger partial charge in [-0.15, -0.1) is 10.2 Å². The molecule has 0 spiro atoms. The highest BCUT2D eigenvalue weighted by Crippen LogP contribution is 2.29. The SMILES string of the molecule is COc1ccc(OC)c([C@H](C)NC(=O)[C@H](C)Sc2nncn2C)c1. The average Bonchev–Trinajstić information content (AvgIpc) is 2.98. The van der Waals surface area contributed by atoms with Crippen LogP contribution in [0.2, 0.25) is 0 Å². The fourth-order valence-corrected chi connectivity index (χ4v) is 2.98. The molecule has 7 nitrogen and oxygen atoms in total. The van der Waals surface area contributed by atoms with Crippen LogP contribution in [-0.2, 0) is 11.8 Å². The molecular formula is C16H22N4O3S. The van der Waals surface area contributed by atoms with Crippen molar-refractivity contribution < 1.29 is 14.3 Å². The first-order valence-electron chi connectivity index (χ1n) is 7.49. The Bertz CT molecular complexity index is 704. The van der Waals surface area contributed by atoms with Crippen LogP contribution in [0.5, 0.6) is 11.5 Å². The van der Waals surface area contributed by atoms with E-state index in [0.29, 0.717) is 16.7 Å². The van der Waals surface area contributed by atoms with E-state index in [9.17, 15) is 4.79 Å². The molecular weight excluding hydrogens is 328 g/mol. The molecule has 0 aliphatic rings. The predicted molar refractivity (Wildman–Crippen MR) is 92.4 cm³/mol. The number of nitrogens with one attached hydrogen (secondary N) is 1. The second-order valence-corrected chi connectivity index (χ2v) is 6.63. The number of aromatic nitrogens is 3. The van der Waals surface area contributed by atoms with Gasteiger partial charge in [0.05, 0.1) is 25.5 Å². The minimum atomic E-state index is -0.299. The van der Waals surface area contributed by atoms with E-state index in [2.05, 4.69) is 15.5 Å². The van der Waals surface area contributed by atoms with Crippen LogP contribution in [0.3, 0.4) is 0 Å². The number of rotatable bonds is 7. The third-order valence-electron chi connectivity index (χ3n) is 3.58. The first kappa shape index (κ1) is 18.1. The number of carbonyl (C=O) groups is 1. The van der Waals surface area contributed by atoms with Gasteiger partial charge < -0.3 is 19.4 Å². The highest BCUT2D eigenvalue weighted by Gasteiger charge is 2.21. The second kappa shape index (κ2) is 8.05. The molecule has 2 aromatic rings. The van der Waals surface area contributed by atoms with Crippen LogP contribution in [0.15, 0.2) is 29.7 Å². The quantitative estimate of drug-likeness (QED) is 0.771. The maximum absolute atomic E-state index is 12.5. The van der Waals surface area contributed by atoms with Gasteiger partial charge in [-0.1, -0.05) is 11.8 Å². The van der Waals surface area contributed by atoms with E-state index in [0.717, 1.165) is 5.56 Å². The molecule has 2 rings (SSSR count). The molecule has 1 aromatic carbocycles. The highest BCUT2D eigenvalue weighted by molar-refractivity contribution is 8.00. The molecule has 1 N–H and O–H groups in total. The van der Waals surface area contributed by atoms with Crippen molar-refractivity contribution in [2.24, 2.45) is 7.05 Å². The zero-order valence-electron chi connectivity index (χ0n) is 14.4. The zero-order chi connectivity index (χ0) is 17.7. The number of ether oxygens (including phenoxy) is 2. The van der Waals surface area contributed by atoms with Gasteiger partial charge in [-0.3, -0.25) is 4.79 Å². The lowest BCUT2D eigenvalue weighted by Crippen LogP contribution is -2.33. The van der Waals surface area contributed by atoms with Crippen molar-refractivity contribution in [2.45, 2.75) is 30.3 Å². The summed E-state index contributed by atoms with van der Waals surface area (Å²) in [6, 6.07) is 5.30. The van der Waals surface area contributed by atoms with Gasteiger partial charge >= 0.3 is 0 Å². The third kappa shape index (κ3) is 4.19. The molecule has 0 saturated carbocycles. The Hall–Kier alpha value is -2.22. The van der Waals surface area contributed by atoms with Crippen LogP contribution < -0.4 is 14.8 Å². The molecule has 0 aliphatic heterocycles. The molecule has 1 aromatic heterocycles. The molecule has 0 aliphatic carbocycles. The number of hydrogen-bond donors (Lipinski definition) is 1. The van der Waals surface area contributed by atoms with Crippen LogP contribution in [-0.4, -0.2) is 40.1 Å². The maximum Gasteiger partial charge on any atom is 0.233 e. The van der Waals surface area contributed by atoms with Gasteiger partial charge in [0.15, 0.2) is 5.16 Å². The lowest BCUT2D eigenvalue weighted by molar-refractivity contribution is -0.120. The van der Waals surface area contributed by atoms with Gasteiger partial charge in [-0.2, -0.15) is 0 Å². The fourth-order valence-electron chi connectivity index (χ4n) is 2.18. The van der Waals surface area contributed by atoms with Crippen molar-refractivity contribution in [2.75, 3.05) is 14.2 Å². The summed E-state index contributed by atoms with van der Waals surface area (Å²) >= 11 is 1.36. The summed E-state index contributed by atoms with van der Waals surface area (Å²) in [5.41, 5.74) is 0.862. The molecule has 0 unspecified atom stereocenters. The van der Waals surface area contributed by atoms with Crippen LogP contribution in [0, 0.1) is 0 Å². The van der Waals surface area contributed by atoms with Crippen LogP contribution in [0.25, 0.3) is 0 Å². The van der Waals surface area contributed by atoms with Crippen molar-refractivity contribution in [3.05, 3.63) is 30.1 Å². The maximum atomic E-state index is 12.5. The molecule has 1 heterocycles. The molecule has 0 saturated heterocycles. The molecule has 8 heteroatoms. The Morgan fingerprint density at radius 2 is 2.04 bits per heavy atom. The lowest BCUT2D eigenvalue weighted by atomic mass is 10.1. The Labute approximate surface area is 145 Å². The predicted octanol–water partition coefficient (Wildman–Crippen LogP) is 2.19. The minimum absolute atomic E-state index is 0.0830. The summed E-state index contributed by atoms with van der Waals surface area (Å²) in [4.78, 5) is 12.5. The van der Waals surface area contributed by atoms with Gasteiger partial charge in [0.2, 0.25) is 5.91 Å². The van der Waals surface area contributed by atoms with Crippen molar-refractivity contribution in [1.82, 2.24) is 20.1 Å². The highest BCUT2D eigenvalue weighted by atomic mass is 32.2. The summed E-state index contributed by atoms with van der Waals surface area (Å²) in [5, 5.41) is 11.2. The van der Waals surface area contributed by atoms with Gasteiger partial charge in [0.25, 0.3) is 0 Å². The molecule has 0 radical (unpaired) electrons. The van der Waals surface area contributed by atoms with E-state index >= 15 is 0 Å². The summed E-state index contributed by atoms with van der Waals surface area (Å²) in [6.07, 6.45) is 1.61. The van der Waals surface area contributed by atoms with Gasteiger partial charge in [-0.05, 0) is 32.0 Å². The number of benzene rings is 1. The van der Waals surface area contributed by atoms with E-state index < -0.39 is 0 Å². The van der Waals surface area contributed by atoms with Gasteiger partial charge in [0, 0.05) is 12.6 Å². The molecule has 2 atom stereocenters. The first-order valence-corrected chi connectivity index (χ1v) is 8.37. The second-order valence-electron chi connectivity index (χ2n) is 5.32. The number of methoxy groups -OCH3 is 2. The summed E-state index contributed by atoms with van der Waals surface area (Å²) in [7, 11) is 5.05. The standard InChI is InChI=1S/C16H22N4O3S/c1-10(13-8-12(22-4)6-7-14(13)23-5)18-15(21)11(2)24-16-19-17-9-20(16)3/h6-11H,1-5H3,(H,18,21)/t10-,11-/m0/s1. The summed E-state index contributed by atoms with van der Waals surface area (Å²) < 4.78 is 12.4. The smallest absolute Gasteiger partial charge is 0.233 e. The van der Waals surface area contributed by atoms with Crippen LogP contribution in [0.1, 0.15) is 25.5 Å². The monoisotopic (exact) mass is 350 g/mol. The van der Waals surface area contributed by atoms with E-state index in [1.165, 1.54) is 11.8 Å². The van der Waals surface area contributed by atoms with Crippen molar-refractivity contribution >= 4 is 17.7 Å². The number of thioether (sulfide) groups is 1. The molecule has 24 heavy (non-hydrogen) atoms. The van der Waals surface area contributed by atoms with E-state index in [-0.39, 0.29) is 17.2 Å². The summed E-state index contributed by atoms with van der Waals surface area (Å²) in [5.74, 6) is 1.34. The number of hydrogen-bond acceptors (Lipinski definition) is 6. The van der Waals surface area contributed by atoms with E-state index in [4.69, 9.17) is 9.47 Å². The van der Waals surface area contributed by atoms with E-state index in [1.54, 1.807) is 25.1 Å². The normalized spacial score (nSPS) is 13.2. The number of aryl methyl sites for hydroxylation is 1. The minimum Gasteiger partial charge on any atom is -0.497 e. The van der Waals surface area contributed by atoms with Crippen molar-refractivity contribution in [1.29, 1.82) is 0 Å². The first-order chi connectivity index (χ1) is 11.5. The Balaban J connectivity index is 2.06. The van der Waals surface area contributed by atoms with Crippen LogP contribution >= 0.6 is 11.8 Å². The van der Waals surface area contributed by atoms with Crippen molar-refractivity contribution in [3.8, 4) is 11.5 Å². The topological polar surface area (TPSA) is 78.3 Å². The number of carbonyl (C=O) groups excluding carboxylic acids is 1. The number of amides is 1. The third-order valence-corrected chi connectivity index (χ3v) is 4.73. The fraction of sp³-hybridized carbons (Fsp3) is 0.438. The van der Waals surface area contributed by atoms with Crippen molar-refractivity contribution in [3.63, 3.8) is 0 Å².